The maximum atomic E-state index is 6.02. The molecule has 0 aromatic heterocycles. The van der Waals surface area contributed by atoms with Gasteiger partial charge in [-0.15, -0.1) is 0 Å². The number of nitrogen functional groups attached to an aromatic ring is 2. The second-order valence-electron chi connectivity index (χ2n) is 13.5. The summed E-state index contributed by atoms with van der Waals surface area (Å²) in [6, 6.07) is 36.0. The number of anilines is 2. The van der Waals surface area contributed by atoms with Crippen LogP contribution in [-0.4, -0.2) is 0 Å². The Labute approximate surface area is 290 Å². The van der Waals surface area contributed by atoms with Crippen LogP contribution in [0.25, 0.3) is 44.5 Å². The van der Waals surface area contributed by atoms with Crippen molar-refractivity contribution in [3.8, 4) is 44.5 Å². The van der Waals surface area contributed by atoms with Crippen molar-refractivity contribution in [3.05, 3.63) is 119 Å². The highest BCUT2D eigenvalue weighted by atomic mass is 14.5. The Morgan fingerprint density at radius 3 is 1.08 bits per heavy atom. The summed E-state index contributed by atoms with van der Waals surface area (Å²) in [7, 11) is 0. The second-order valence-corrected chi connectivity index (χ2v) is 13.5. The fraction of sp³-hybridized carbons (Fsp3) is 0.348. The number of hydrogen-bond acceptors (Lipinski definition) is 2. The fourth-order valence-electron chi connectivity index (χ4n) is 7.12. The molecule has 0 saturated carbocycles. The van der Waals surface area contributed by atoms with E-state index in [9.17, 15) is 0 Å². The predicted molar refractivity (Wildman–Crippen MR) is 211 cm³/mol. The first-order valence-corrected chi connectivity index (χ1v) is 18.6. The van der Waals surface area contributed by atoms with Gasteiger partial charge in [0.15, 0.2) is 0 Å². The number of aryl methyl sites for hydroxylation is 4. The van der Waals surface area contributed by atoms with Crippen LogP contribution in [0.2, 0.25) is 0 Å². The monoisotopic (exact) mass is 636 g/mol. The van der Waals surface area contributed by atoms with Gasteiger partial charge in [0.2, 0.25) is 0 Å². The summed E-state index contributed by atoms with van der Waals surface area (Å²) in [5, 5.41) is 0. The van der Waals surface area contributed by atoms with Crippen molar-refractivity contribution in [2.75, 3.05) is 11.5 Å². The normalized spacial score (nSPS) is 11.2. The average Bonchev–Trinajstić information content (AvgIpc) is 3.12. The zero-order valence-electron chi connectivity index (χ0n) is 29.9. The minimum Gasteiger partial charge on any atom is -0.399 e. The van der Waals surface area contributed by atoms with Crippen LogP contribution in [0.3, 0.4) is 0 Å². The Morgan fingerprint density at radius 1 is 0.354 bits per heavy atom. The van der Waals surface area contributed by atoms with Crippen LogP contribution in [0.5, 0.6) is 0 Å². The van der Waals surface area contributed by atoms with Crippen LogP contribution in [-0.2, 0) is 25.7 Å². The van der Waals surface area contributed by atoms with Gasteiger partial charge in [-0.05, 0) is 130 Å². The molecule has 2 heteroatoms. The fourth-order valence-corrected chi connectivity index (χ4v) is 7.12. The molecule has 0 heterocycles. The van der Waals surface area contributed by atoms with Gasteiger partial charge in [-0.3, -0.25) is 0 Å². The Hall–Kier alpha value is -4.30. The van der Waals surface area contributed by atoms with Crippen LogP contribution >= 0.6 is 0 Å². The number of rotatable bonds is 16. The molecule has 0 radical (unpaired) electrons. The Morgan fingerprint density at radius 2 is 0.729 bits per heavy atom. The summed E-state index contributed by atoms with van der Waals surface area (Å²) >= 11 is 0. The molecule has 5 aromatic rings. The number of nitrogens with two attached hydrogens (primary N) is 2. The topological polar surface area (TPSA) is 52.0 Å². The molecule has 0 unspecified atom stereocenters. The van der Waals surface area contributed by atoms with E-state index in [1.54, 1.807) is 0 Å². The van der Waals surface area contributed by atoms with Gasteiger partial charge in [0.1, 0.15) is 0 Å². The molecule has 0 aliphatic rings. The molecular weight excluding hydrogens is 581 g/mol. The van der Waals surface area contributed by atoms with Crippen LogP contribution < -0.4 is 11.5 Å². The first kappa shape index (κ1) is 35.0. The van der Waals surface area contributed by atoms with Gasteiger partial charge in [-0.2, -0.15) is 0 Å². The van der Waals surface area contributed by atoms with Gasteiger partial charge >= 0.3 is 0 Å². The van der Waals surface area contributed by atoms with Crippen molar-refractivity contribution in [3.63, 3.8) is 0 Å². The molecule has 48 heavy (non-hydrogen) atoms. The maximum absolute atomic E-state index is 6.02. The molecule has 0 amide bonds. The molecule has 250 valence electrons. The van der Waals surface area contributed by atoms with E-state index in [1.165, 1.54) is 118 Å². The molecule has 0 atom stereocenters. The zero-order valence-corrected chi connectivity index (χ0v) is 29.9. The van der Waals surface area contributed by atoms with E-state index in [4.69, 9.17) is 11.5 Å². The van der Waals surface area contributed by atoms with Gasteiger partial charge < -0.3 is 11.5 Å². The number of hydrogen-bond donors (Lipinski definition) is 2. The van der Waals surface area contributed by atoms with Crippen molar-refractivity contribution in [1.82, 2.24) is 0 Å². The highest BCUT2D eigenvalue weighted by molar-refractivity contribution is 5.81. The summed E-state index contributed by atoms with van der Waals surface area (Å²) in [6.45, 7) is 9.14. The molecule has 0 aliphatic carbocycles. The third-order valence-electron chi connectivity index (χ3n) is 9.97. The molecule has 5 rings (SSSR count). The van der Waals surface area contributed by atoms with Crippen LogP contribution in [0.15, 0.2) is 97.1 Å². The second kappa shape index (κ2) is 17.2. The van der Waals surface area contributed by atoms with Gasteiger partial charge in [0.05, 0.1) is 0 Å². The lowest BCUT2D eigenvalue weighted by Gasteiger charge is -2.20. The number of unbranched alkanes of at least 4 members (excludes halogenated alkanes) is 6. The van der Waals surface area contributed by atoms with Gasteiger partial charge in [-0.25, -0.2) is 0 Å². The third kappa shape index (κ3) is 8.58. The van der Waals surface area contributed by atoms with Crippen LogP contribution in [0, 0.1) is 0 Å². The molecule has 0 saturated heterocycles. The van der Waals surface area contributed by atoms with Gasteiger partial charge in [0, 0.05) is 11.4 Å². The van der Waals surface area contributed by atoms with Crippen molar-refractivity contribution in [1.29, 1.82) is 0 Å². The van der Waals surface area contributed by atoms with Gasteiger partial charge in [0.25, 0.3) is 0 Å². The molecule has 0 fully saturated rings. The Bertz CT molecular complexity index is 1630. The van der Waals surface area contributed by atoms with E-state index >= 15 is 0 Å². The van der Waals surface area contributed by atoms with E-state index < -0.39 is 0 Å². The van der Waals surface area contributed by atoms with Crippen LogP contribution in [0.1, 0.15) is 101 Å². The average molecular weight is 637 g/mol. The standard InChI is InChI=1S/C46H56N2/c1-5-9-11-13-15-37-31-46(40-22-28-44(34(8-4)30-40)36-19-25-42(48)26-20-36)38(16-14-12-10-6-2)32-45(37)39-21-27-43(33(7-3)29-39)35-17-23-41(47)24-18-35/h17-32H,5-16,47-48H2,1-4H3. The van der Waals surface area contributed by atoms with E-state index in [0.29, 0.717) is 0 Å². The van der Waals surface area contributed by atoms with Crippen molar-refractivity contribution in [2.45, 2.75) is 105 Å². The third-order valence-corrected chi connectivity index (χ3v) is 9.97. The first-order valence-electron chi connectivity index (χ1n) is 18.6. The zero-order chi connectivity index (χ0) is 33.9. The summed E-state index contributed by atoms with van der Waals surface area (Å²) in [6.07, 6.45) is 14.3. The lowest BCUT2D eigenvalue weighted by Crippen LogP contribution is -2.00. The van der Waals surface area contributed by atoms with E-state index in [2.05, 4.69) is 100 Å². The lowest BCUT2D eigenvalue weighted by molar-refractivity contribution is 0.664. The highest BCUT2D eigenvalue weighted by Gasteiger charge is 2.16. The van der Waals surface area contributed by atoms with E-state index in [-0.39, 0.29) is 0 Å². The molecule has 5 aromatic carbocycles. The summed E-state index contributed by atoms with van der Waals surface area (Å²) in [4.78, 5) is 0. The highest BCUT2D eigenvalue weighted by Crippen LogP contribution is 2.38. The van der Waals surface area contributed by atoms with Gasteiger partial charge in [-0.1, -0.05) is 139 Å². The predicted octanol–water partition coefficient (Wildman–Crippen LogP) is 12.9. The Balaban J connectivity index is 1.62. The molecule has 0 bridgehead atoms. The summed E-state index contributed by atoms with van der Waals surface area (Å²) in [5.41, 5.74) is 29.9. The quantitative estimate of drug-likeness (QED) is 0.0836. The van der Waals surface area contributed by atoms with Crippen molar-refractivity contribution < 1.29 is 0 Å². The molecule has 0 spiro atoms. The number of benzene rings is 5. The maximum Gasteiger partial charge on any atom is 0.0314 e. The Kier molecular flexibility index (Phi) is 12.5. The minimum absolute atomic E-state index is 0.804. The summed E-state index contributed by atoms with van der Waals surface area (Å²) in [5.74, 6) is 0. The minimum atomic E-state index is 0.804. The van der Waals surface area contributed by atoms with Crippen molar-refractivity contribution in [2.24, 2.45) is 0 Å². The van der Waals surface area contributed by atoms with Crippen molar-refractivity contribution >= 4 is 11.4 Å². The lowest BCUT2D eigenvalue weighted by atomic mass is 9.84. The molecule has 2 nitrogen and oxygen atoms in total. The molecule has 4 N–H and O–H groups in total. The first-order chi connectivity index (χ1) is 23.4. The smallest absolute Gasteiger partial charge is 0.0314 e. The van der Waals surface area contributed by atoms with Crippen LogP contribution in [0.4, 0.5) is 11.4 Å². The molecule has 0 aliphatic heterocycles. The summed E-state index contributed by atoms with van der Waals surface area (Å²) < 4.78 is 0. The largest absolute Gasteiger partial charge is 0.399 e. The van der Waals surface area contributed by atoms with E-state index in [1.807, 2.05) is 24.3 Å². The van der Waals surface area contributed by atoms with E-state index in [0.717, 1.165) is 37.1 Å². The SMILES string of the molecule is CCCCCCc1cc(-c2ccc(-c3ccc(N)cc3)c(CC)c2)c(CCCCCC)cc1-c1ccc(-c2ccc(N)cc2)c(CC)c1. The molecular formula is C46H56N2.